The fourth-order valence-electron chi connectivity index (χ4n) is 1.48. The first kappa shape index (κ1) is 10.7. The summed E-state index contributed by atoms with van der Waals surface area (Å²) in [5.41, 5.74) is 0.757. The van der Waals surface area contributed by atoms with Crippen molar-refractivity contribution >= 4 is 11.9 Å². The molecule has 84 valence electrons. The second kappa shape index (κ2) is 4.35. The smallest absolute Gasteiger partial charge is 0.338 e. The summed E-state index contributed by atoms with van der Waals surface area (Å²) < 4.78 is 10.2. The molecule has 1 aliphatic rings. The summed E-state index contributed by atoms with van der Waals surface area (Å²) in [4.78, 5) is 23.2. The van der Waals surface area contributed by atoms with Gasteiger partial charge in [0.25, 0.3) is 0 Å². The maximum atomic E-state index is 11.6. The minimum atomic E-state index is -0.399. The van der Waals surface area contributed by atoms with Crippen molar-refractivity contribution in [1.82, 2.24) is 0 Å². The second-order valence-corrected chi connectivity index (χ2v) is 3.72. The van der Waals surface area contributed by atoms with Gasteiger partial charge in [0.2, 0.25) is 0 Å². The predicted molar refractivity (Wildman–Crippen MR) is 56.2 cm³/mol. The quantitative estimate of drug-likeness (QED) is 0.625. The van der Waals surface area contributed by atoms with Crippen LogP contribution in [-0.2, 0) is 9.47 Å². The number of hydrogen-bond acceptors (Lipinski definition) is 4. The monoisotopic (exact) mass is 220 g/mol. The van der Waals surface area contributed by atoms with Crippen LogP contribution in [0.3, 0.4) is 0 Å². The number of fused-ring (bicyclic) bond motifs is 2. The van der Waals surface area contributed by atoms with Crippen LogP contribution in [0.4, 0.5) is 0 Å². The number of cyclic esters (lactones) is 2. The molecule has 1 unspecified atom stereocenters. The Labute approximate surface area is 93.2 Å². The fraction of sp³-hybridized carbons (Fsp3) is 0.333. The molecule has 0 radical (unpaired) electrons. The molecule has 1 aromatic carbocycles. The average molecular weight is 220 g/mol. The van der Waals surface area contributed by atoms with E-state index < -0.39 is 11.9 Å². The first-order chi connectivity index (χ1) is 7.66. The summed E-state index contributed by atoms with van der Waals surface area (Å²) in [5, 5.41) is 0. The molecule has 4 nitrogen and oxygen atoms in total. The van der Waals surface area contributed by atoms with E-state index in [1.807, 2.05) is 0 Å². The number of carbonyl (C=O) groups excluding carboxylic acids is 2. The Balaban J connectivity index is 2.36. The Bertz CT molecular complexity index is 425. The van der Waals surface area contributed by atoms with Gasteiger partial charge in [-0.05, 0) is 25.1 Å². The second-order valence-electron chi connectivity index (χ2n) is 3.72. The first-order valence-electron chi connectivity index (χ1n) is 5.15. The van der Waals surface area contributed by atoms with Gasteiger partial charge in [0.1, 0.15) is 6.10 Å². The van der Waals surface area contributed by atoms with Gasteiger partial charge in [-0.1, -0.05) is 6.07 Å². The molecule has 4 heteroatoms. The van der Waals surface area contributed by atoms with E-state index in [1.54, 1.807) is 25.1 Å². The molecule has 0 spiro atoms. The van der Waals surface area contributed by atoms with Gasteiger partial charge in [-0.25, -0.2) is 9.59 Å². The third-order valence-corrected chi connectivity index (χ3v) is 2.40. The molecule has 0 saturated heterocycles. The zero-order valence-electron chi connectivity index (χ0n) is 8.93. The summed E-state index contributed by atoms with van der Waals surface area (Å²) in [6, 6.07) is 6.36. The minimum absolute atomic E-state index is 0.248. The highest BCUT2D eigenvalue weighted by Crippen LogP contribution is 2.12. The highest BCUT2D eigenvalue weighted by Gasteiger charge is 2.17. The molecular weight excluding hydrogens is 208 g/mol. The minimum Gasteiger partial charge on any atom is -0.462 e. The van der Waals surface area contributed by atoms with E-state index in [0.29, 0.717) is 17.5 Å². The molecule has 0 aliphatic carbocycles. The van der Waals surface area contributed by atoms with Crippen LogP contribution in [0.15, 0.2) is 24.3 Å². The fourth-order valence-corrected chi connectivity index (χ4v) is 1.48. The molecule has 1 aliphatic heterocycles. The number of carbonyl (C=O) groups is 2. The highest BCUT2D eigenvalue weighted by molar-refractivity contribution is 5.95. The van der Waals surface area contributed by atoms with Gasteiger partial charge in [-0.15, -0.1) is 0 Å². The SMILES string of the molecule is CC1CCOC(=O)c2cccc(c2)C(=O)O1. The van der Waals surface area contributed by atoms with Gasteiger partial charge < -0.3 is 9.47 Å². The van der Waals surface area contributed by atoms with E-state index in [0.717, 1.165) is 0 Å². The predicted octanol–water partition coefficient (Wildman–Crippen LogP) is 1.79. The Morgan fingerprint density at radius 1 is 1.19 bits per heavy atom. The van der Waals surface area contributed by atoms with Gasteiger partial charge in [0.05, 0.1) is 17.7 Å². The van der Waals surface area contributed by atoms with Gasteiger partial charge in [0, 0.05) is 6.42 Å². The molecule has 1 aromatic rings. The van der Waals surface area contributed by atoms with E-state index >= 15 is 0 Å². The van der Waals surface area contributed by atoms with E-state index in [-0.39, 0.29) is 12.7 Å². The van der Waals surface area contributed by atoms with Crippen LogP contribution in [0.5, 0.6) is 0 Å². The summed E-state index contributed by atoms with van der Waals surface area (Å²) >= 11 is 0. The number of esters is 2. The lowest BCUT2D eigenvalue weighted by Crippen LogP contribution is -2.20. The van der Waals surface area contributed by atoms with Crippen LogP contribution in [0, 0.1) is 0 Å². The van der Waals surface area contributed by atoms with Crippen molar-refractivity contribution in [2.24, 2.45) is 0 Å². The summed E-state index contributed by atoms with van der Waals surface area (Å²) in [6.45, 7) is 2.04. The zero-order chi connectivity index (χ0) is 11.5. The van der Waals surface area contributed by atoms with Crippen molar-refractivity contribution in [3.05, 3.63) is 35.4 Å². The Hall–Kier alpha value is -1.84. The third kappa shape index (κ3) is 2.21. The molecule has 0 N–H and O–H groups in total. The number of benzene rings is 1. The van der Waals surface area contributed by atoms with Crippen LogP contribution in [-0.4, -0.2) is 24.6 Å². The third-order valence-electron chi connectivity index (χ3n) is 2.40. The van der Waals surface area contributed by atoms with Crippen molar-refractivity contribution in [2.75, 3.05) is 6.61 Å². The van der Waals surface area contributed by atoms with Crippen LogP contribution in [0.25, 0.3) is 0 Å². The summed E-state index contributed by atoms with van der Waals surface area (Å²) in [6.07, 6.45) is 0.268. The Morgan fingerprint density at radius 2 is 1.88 bits per heavy atom. The first-order valence-corrected chi connectivity index (χ1v) is 5.15. The van der Waals surface area contributed by atoms with Gasteiger partial charge in [-0.3, -0.25) is 0 Å². The lowest BCUT2D eigenvalue weighted by molar-refractivity contribution is 0.0219. The summed E-state index contributed by atoms with van der Waals surface area (Å²) in [7, 11) is 0. The molecule has 1 heterocycles. The number of ether oxygens (including phenoxy) is 2. The van der Waals surface area contributed by atoms with Crippen molar-refractivity contribution in [2.45, 2.75) is 19.4 Å². The van der Waals surface area contributed by atoms with Gasteiger partial charge in [-0.2, -0.15) is 0 Å². The topological polar surface area (TPSA) is 52.6 Å². The molecular formula is C12H12O4. The van der Waals surface area contributed by atoms with Crippen LogP contribution < -0.4 is 0 Å². The number of rotatable bonds is 0. The zero-order valence-corrected chi connectivity index (χ0v) is 8.93. The molecule has 0 fully saturated rings. The van der Waals surface area contributed by atoms with Crippen molar-refractivity contribution in [3.63, 3.8) is 0 Å². The summed E-state index contributed by atoms with van der Waals surface area (Å²) in [5.74, 6) is -0.798. The Morgan fingerprint density at radius 3 is 2.62 bits per heavy atom. The standard InChI is InChI=1S/C12H12O4/c1-8-5-6-15-11(13)9-3-2-4-10(7-9)12(14)16-8/h2-4,7-8H,5-6H2,1H3. The van der Waals surface area contributed by atoms with E-state index in [9.17, 15) is 9.59 Å². The van der Waals surface area contributed by atoms with Crippen molar-refractivity contribution in [1.29, 1.82) is 0 Å². The lowest BCUT2D eigenvalue weighted by atomic mass is 10.1. The molecule has 16 heavy (non-hydrogen) atoms. The van der Waals surface area contributed by atoms with E-state index in [1.165, 1.54) is 6.07 Å². The maximum Gasteiger partial charge on any atom is 0.338 e. The lowest BCUT2D eigenvalue weighted by Gasteiger charge is -2.15. The molecule has 0 aromatic heterocycles. The molecule has 2 bridgehead atoms. The largest absolute Gasteiger partial charge is 0.462 e. The Kier molecular flexibility index (Phi) is 2.90. The van der Waals surface area contributed by atoms with Gasteiger partial charge in [0.15, 0.2) is 0 Å². The number of hydrogen-bond donors (Lipinski definition) is 0. The molecule has 1 atom stereocenters. The normalized spacial score (nSPS) is 20.9. The highest BCUT2D eigenvalue weighted by atomic mass is 16.6. The van der Waals surface area contributed by atoms with E-state index in [2.05, 4.69) is 0 Å². The molecule has 2 rings (SSSR count). The maximum absolute atomic E-state index is 11.6. The van der Waals surface area contributed by atoms with Crippen LogP contribution in [0.1, 0.15) is 34.1 Å². The van der Waals surface area contributed by atoms with Crippen molar-refractivity contribution in [3.8, 4) is 0 Å². The molecule has 0 saturated carbocycles. The molecule has 0 amide bonds. The average Bonchev–Trinajstić information content (AvgIpc) is 2.28. The van der Waals surface area contributed by atoms with Gasteiger partial charge >= 0.3 is 11.9 Å². The van der Waals surface area contributed by atoms with Crippen LogP contribution >= 0.6 is 0 Å². The van der Waals surface area contributed by atoms with Crippen molar-refractivity contribution < 1.29 is 19.1 Å². The van der Waals surface area contributed by atoms with Crippen LogP contribution in [0.2, 0.25) is 0 Å². The van der Waals surface area contributed by atoms with E-state index in [4.69, 9.17) is 9.47 Å².